The van der Waals surface area contributed by atoms with Crippen molar-refractivity contribution in [2.45, 2.75) is 138 Å². The molecule has 0 unspecified atom stereocenters. The number of carbonyl (C=O) groups excluding carboxylic acids is 3. The van der Waals surface area contributed by atoms with E-state index in [1.165, 1.54) is 0 Å². The fourth-order valence-electron chi connectivity index (χ4n) is 8.30. The summed E-state index contributed by atoms with van der Waals surface area (Å²) in [7, 11) is 0. The molecular formula is C37H59N3O3. The molecule has 1 aromatic carbocycles. The van der Waals surface area contributed by atoms with Crippen LogP contribution in [0.25, 0.3) is 0 Å². The predicted molar refractivity (Wildman–Crippen MR) is 176 cm³/mol. The summed E-state index contributed by atoms with van der Waals surface area (Å²) in [6.07, 6.45) is 12.5. The number of nitrogens with two attached hydrogens (primary N) is 1. The van der Waals surface area contributed by atoms with Crippen molar-refractivity contribution in [1.82, 2.24) is 4.90 Å². The summed E-state index contributed by atoms with van der Waals surface area (Å²) >= 11 is 0. The van der Waals surface area contributed by atoms with E-state index >= 15 is 0 Å². The van der Waals surface area contributed by atoms with Crippen molar-refractivity contribution >= 4 is 23.4 Å². The van der Waals surface area contributed by atoms with Gasteiger partial charge in [-0.1, -0.05) is 48.5 Å². The molecule has 3 aliphatic rings. The molecule has 43 heavy (non-hydrogen) atoms. The Kier molecular flexibility index (Phi) is 11.0. The standard InChI is InChI=1S/C37H59N3O3/c1-23(2)25-10-16-32(17-11-25)40(33-18-12-26(13-19-33)24(3)4)36(43)29-20-28(34(38)41)21-31(22-29)39-35(42)27-8-14-30(15-9-27)37(5,6)7/h20-27,30,32-33H,8-19H2,1-7H3,(H2,38,41)(H,39,42)/t25-,26-,27?,30?,32+,33+. The number of hydrogen-bond donors (Lipinski definition) is 2. The Morgan fingerprint density at radius 2 is 1.19 bits per heavy atom. The van der Waals surface area contributed by atoms with Crippen molar-refractivity contribution in [3.63, 3.8) is 0 Å². The number of anilines is 1. The molecule has 3 N–H and O–H groups in total. The second-order valence-corrected chi connectivity index (χ2v) is 15.9. The molecular weight excluding hydrogens is 534 g/mol. The molecule has 0 atom stereocenters. The quantitative estimate of drug-likeness (QED) is 0.317. The lowest BCUT2D eigenvalue weighted by Gasteiger charge is -2.45. The summed E-state index contributed by atoms with van der Waals surface area (Å²) in [4.78, 5) is 42.4. The topological polar surface area (TPSA) is 92.5 Å². The molecule has 0 aromatic heterocycles. The molecule has 0 radical (unpaired) electrons. The van der Waals surface area contributed by atoms with E-state index in [1.54, 1.807) is 18.2 Å². The Morgan fingerprint density at radius 1 is 0.721 bits per heavy atom. The summed E-state index contributed by atoms with van der Waals surface area (Å²) in [5.74, 6) is 2.68. The largest absolute Gasteiger partial charge is 0.366 e. The molecule has 0 aliphatic heterocycles. The molecule has 4 rings (SSSR count). The zero-order valence-electron chi connectivity index (χ0n) is 28.1. The van der Waals surface area contributed by atoms with Crippen molar-refractivity contribution in [2.24, 2.45) is 46.7 Å². The molecule has 6 heteroatoms. The van der Waals surface area contributed by atoms with Crippen LogP contribution in [0.3, 0.4) is 0 Å². The number of primary amides is 1. The first kappa shape index (κ1) is 33.5. The van der Waals surface area contributed by atoms with Crippen LogP contribution in [0.1, 0.15) is 146 Å². The number of nitrogens with zero attached hydrogens (tertiary/aromatic N) is 1. The molecule has 0 saturated heterocycles. The van der Waals surface area contributed by atoms with Crippen LogP contribution in [0, 0.1) is 40.9 Å². The van der Waals surface area contributed by atoms with Crippen molar-refractivity contribution in [3.8, 4) is 0 Å². The molecule has 1 aromatic rings. The summed E-state index contributed by atoms with van der Waals surface area (Å²) < 4.78 is 0. The predicted octanol–water partition coefficient (Wildman–Crippen LogP) is 8.45. The zero-order valence-corrected chi connectivity index (χ0v) is 28.1. The van der Waals surface area contributed by atoms with E-state index in [9.17, 15) is 14.4 Å². The maximum Gasteiger partial charge on any atom is 0.254 e. The van der Waals surface area contributed by atoms with Crippen LogP contribution in [-0.4, -0.2) is 34.7 Å². The second-order valence-electron chi connectivity index (χ2n) is 15.9. The first-order valence-corrected chi connectivity index (χ1v) is 17.3. The highest BCUT2D eigenvalue weighted by atomic mass is 16.2. The van der Waals surface area contributed by atoms with Crippen LogP contribution in [0.2, 0.25) is 0 Å². The number of hydrogen-bond acceptors (Lipinski definition) is 3. The van der Waals surface area contributed by atoms with E-state index in [2.05, 4.69) is 58.7 Å². The number of benzene rings is 1. The molecule has 3 saturated carbocycles. The first-order valence-electron chi connectivity index (χ1n) is 17.3. The Hall–Kier alpha value is -2.37. The van der Waals surface area contributed by atoms with E-state index in [0.717, 1.165) is 77.0 Å². The van der Waals surface area contributed by atoms with E-state index in [1.807, 2.05) is 0 Å². The highest BCUT2D eigenvalue weighted by Gasteiger charge is 2.38. The lowest BCUT2D eigenvalue weighted by molar-refractivity contribution is -0.121. The van der Waals surface area contributed by atoms with Crippen LogP contribution in [0.5, 0.6) is 0 Å². The Balaban J connectivity index is 1.55. The average molecular weight is 594 g/mol. The maximum atomic E-state index is 14.5. The van der Waals surface area contributed by atoms with Gasteiger partial charge in [-0.25, -0.2) is 0 Å². The van der Waals surface area contributed by atoms with E-state index in [0.29, 0.717) is 40.8 Å². The maximum absolute atomic E-state index is 14.5. The van der Waals surface area contributed by atoms with Gasteiger partial charge in [-0.3, -0.25) is 14.4 Å². The van der Waals surface area contributed by atoms with Crippen molar-refractivity contribution in [2.75, 3.05) is 5.32 Å². The SMILES string of the molecule is CC(C)[C@H]1CC[C@@H](N(C(=O)c2cc(NC(=O)C3CCC(C(C)(C)C)CC3)cc(C(N)=O)c2)[C@H]2CC[C@@H](C(C)C)CC2)CC1. The van der Waals surface area contributed by atoms with Gasteiger partial charge in [0, 0.05) is 34.8 Å². The van der Waals surface area contributed by atoms with Crippen molar-refractivity contribution in [1.29, 1.82) is 0 Å². The van der Waals surface area contributed by atoms with Crippen LogP contribution in [0.15, 0.2) is 18.2 Å². The lowest BCUT2D eigenvalue weighted by Crippen LogP contribution is -2.50. The van der Waals surface area contributed by atoms with Gasteiger partial charge in [-0.2, -0.15) is 0 Å². The number of rotatable bonds is 8. The fraction of sp³-hybridized carbons (Fsp3) is 0.757. The second kappa shape index (κ2) is 14.2. The minimum absolute atomic E-state index is 0.0229. The van der Waals surface area contributed by atoms with E-state index in [4.69, 9.17) is 5.73 Å². The third-order valence-electron chi connectivity index (χ3n) is 11.4. The number of amides is 3. The first-order chi connectivity index (χ1) is 20.2. The molecule has 240 valence electrons. The smallest absolute Gasteiger partial charge is 0.254 e. The van der Waals surface area contributed by atoms with E-state index < -0.39 is 5.91 Å². The van der Waals surface area contributed by atoms with Gasteiger partial charge in [0.15, 0.2) is 0 Å². The minimum Gasteiger partial charge on any atom is -0.366 e. The van der Waals surface area contributed by atoms with Gasteiger partial charge in [0.2, 0.25) is 11.8 Å². The summed E-state index contributed by atoms with van der Waals surface area (Å²) in [6, 6.07) is 5.46. The lowest BCUT2D eigenvalue weighted by atomic mass is 9.69. The summed E-state index contributed by atoms with van der Waals surface area (Å²) in [6.45, 7) is 16.1. The van der Waals surface area contributed by atoms with Crippen LogP contribution in [-0.2, 0) is 4.79 Å². The highest BCUT2D eigenvalue weighted by molar-refractivity contribution is 6.02. The molecule has 0 bridgehead atoms. The fourth-order valence-corrected chi connectivity index (χ4v) is 8.30. The molecule has 3 amide bonds. The summed E-state index contributed by atoms with van der Waals surface area (Å²) in [5.41, 5.74) is 7.23. The van der Waals surface area contributed by atoms with Gasteiger partial charge < -0.3 is 16.0 Å². The minimum atomic E-state index is -0.586. The normalized spacial score (nSPS) is 28.5. The highest BCUT2D eigenvalue weighted by Crippen LogP contribution is 2.41. The average Bonchev–Trinajstić information content (AvgIpc) is 2.97. The van der Waals surface area contributed by atoms with Crippen LogP contribution >= 0.6 is 0 Å². The van der Waals surface area contributed by atoms with Crippen LogP contribution < -0.4 is 11.1 Å². The van der Waals surface area contributed by atoms with Gasteiger partial charge in [-0.05, 0) is 130 Å². The number of carbonyl (C=O) groups is 3. The molecule has 0 spiro atoms. The number of nitrogens with one attached hydrogen (secondary N) is 1. The van der Waals surface area contributed by atoms with Gasteiger partial charge in [0.05, 0.1) is 0 Å². The van der Waals surface area contributed by atoms with Gasteiger partial charge in [-0.15, -0.1) is 0 Å². The van der Waals surface area contributed by atoms with Crippen LogP contribution in [0.4, 0.5) is 5.69 Å². The zero-order chi connectivity index (χ0) is 31.5. The molecule has 6 nitrogen and oxygen atoms in total. The van der Waals surface area contributed by atoms with Crippen molar-refractivity contribution in [3.05, 3.63) is 29.3 Å². The third kappa shape index (κ3) is 8.42. The summed E-state index contributed by atoms with van der Waals surface area (Å²) in [5, 5.41) is 3.07. The van der Waals surface area contributed by atoms with Gasteiger partial charge in [0.25, 0.3) is 5.91 Å². The van der Waals surface area contributed by atoms with Crippen molar-refractivity contribution < 1.29 is 14.4 Å². The molecule has 3 fully saturated rings. The van der Waals surface area contributed by atoms with Gasteiger partial charge in [0.1, 0.15) is 0 Å². The Bertz CT molecular complexity index is 1080. The third-order valence-corrected chi connectivity index (χ3v) is 11.4. The molecule has 3 aliphatic carbocycles. The molecule has 0 heterocycles. The Morgan fingerprint density at radius 3 is 1.60 bits per heavy atom. The van der Waals surface area contributed by atoms with Gasteiger partial charge >= 0.3 is 0 Å². The van der Waals surface area contributed by atoms with E-state index in [-0.39, 0.29) is 40.8 Å². The Labute approximate surface area is 261 Å². The monoisotopic (exact) mass is 593 g/mol.